The molecule has 1 spiro atoms. The van der Waals surface area contributed by atoms with Gasteiger partial charge in [-0.2, -0.15) is 13.2 Å². The van der Waals surface area contributed by atoms with Crippen molar-refractivity contribution in [2.24, 2.45) is 0 Å². The summed E-state index contributed by atoms with van der Waals surface area (Å²) in [4.78, 5) is 16.2. The van der Waals surface area contributed by atoms with Crippen molar-refractivity contribution < 1.29 is 13.2 Å². The van der Waals surface area contributed by atoms with Crippen molar-refractivity contribution >= 4 is 5.82 Å². The zero-order valence-electron chi connectivity index (χ0n) is 14.5. The molecule has 2 aliphatic rings. The van der Waals surface area contributed by atoms with E-state index in [0.29, 0.717) is 5.82 Å². The van der Waals surface area contributed by atoms with Gasteiger partial charge in [0, 0.05) is 37.2 Å². The van der Waals surface area contributed by atoms with E-state index < -0.39 is 11.7 Å². The summed E-state index contributed by atoms with van der Waals surface area (Å²) in [6.07, 6.45) is 4.55. The summed E-state index contributed by atoms with van der Waals surface area (Å²) < 4.78 is 38.1. The Morgan fingerprint density at radius 2 is 1.88 bits per heavy atom. The molecule has 0 aliphatic carbocycles. The van der Waals surface area contributed by atoms with Crippen molar-refractivity contribution in [1.29, 1.82) is 0 Å². The first-order valence-corrected chi connectivity index (χ1v) is 8.98. The molecule has 2 fully saturated rings. The number of alkyl halides is 3. The Bertz CT molecular complexity index is 718. The molecule has 2 aromatic rings. The third-order valence-corrected chi connectivity index (χ3v) is 5.73. The topological polar surface area (TPSA) is 48.0 Å². The van der Waals surface area contributed by atoms with Gasteiger partial charge in [0.25, 0.3) is 0 Å². The number of H-pyrrole nitrogens is 1. The molecule has 4 heterocycles. The van der Waals surface area contributed by atoms with Crippen molar-refractivity contribution in [2.45, 2.75) is 43.9 Å². The lowest BCUT2D eigenvalue weighted by Gasteiger charge is -2.45. The van der Waals surface area contributed by atoms with Crippen molar-refractivity contribution in [1.82, 2.24) is 19.9 Å². The first-order valence-electron chi connectivity index (χ1n) is 8.98. The Kier molecular flexibility index (Phi) is 4.38. The van der Waals surface area contributed by atoms with E-state index in [2.05, 4.69) is 24.8 Å². The zero-order chi connectivity index (χ0) is 18.2. The van der Waals surface area contributed by atoms with Crippen LogP contribution in [0.15, 0.2) is 30.7 Å². The molecule has 0 unspecified atom stereocenters. The summed E-state index contributed by atoms with van der Waals surface area (Å²) in [7, 11) is 0. The van der Waals surface area contributed by atoms with Crippen molar-refractivity contribution in [2.75, 3.05) is 24.5 Å². The number of halogens is 3. The SMILES string of the molecule is FC(F)(F)c1ccc(N2CCC3(CCCN3Cc3ncc[nH]3)CC2)nc1. The van der Waals surface area contributed by atoms with Gasteiger partial charge in [0.05, 0.1) is 12.1 Å². The van der Waals surface area contributed by atoms with E-state index in [1.807, 2.05) is 6.20 Å². The van der Waals surface area contributed by atoms with E-state index in [1.165, 1.54) is 18.9 Å². The molecule has 140 valence electrons. The van der Waals surface area contributed by atoms with Crippen LogP contribution in [0, 0.1) is 0 Å². The number of hydrogen-bond acceptors (Lipinski definition) is 4. The highest BCUT2D eigenvalue weighted by Crippen LogP contribution is 2.40. The van der Waals surface area contributed by atoms with Crippen molar-refractivity contribution in [3.63, 3.8) is 0 Å². The molecule has 4 rings (SSSR count). The number of pyridine rings is 1. The average molecular weight is 365 g/mol. The molecule has 0 aromatic carbocycles. The van der Waals surface area contributed by atoms with E-state index >= 15 is 0 Å². The van der Waals surface area contributed by atoms with Crippen LogP contribution in [0.2, 0.25) is 0 Å². The zero-order valence-corrected chi connectivity index (χ0v) is 14.5. The third-order valence-electron chi connectivity index (χ3n) is 5.73. The highest BCUT2D eigenvalue weighted by molar-refractivity contribution is 5.40. The summed E-state index contributed by atoms with van der Waals surface area (Å²) in [5.41, 5.74) is -0.523. The predicted octanol–water partition coefficient (Wildman–Crippen LogP) is 3.46. The minimum absolute atomic E-state index is 0.176. The van der Waals surface area contributed by atoms with Crippen LogP contribution in [0.25, 0.3) is 0 Å². The molecule has 1 N–H and O–H groups in total. The van der Waals surface area contributed by atoms with Crippen LogP contribution in [0.3, 0.4) is 0 Å². The van der Waals surface area contributed by atoms with Crippen LogP contribution in [0.1, 0.15) is 37.1 Å². The molecular weight excluding hydrogens is 343 g/mol. The molecule has 0 radical (unpaired) electrons. The number of hydrogen-bond donors (Lipinski definition) is 1. The van der Waals surface area contributed by atoms with Crippen LogP contribution >= 0.6 is 0 Å². The molecular formula is C18H22F3N5. The number of anilines is 1. The van der Waals surface area contributed by atoms with Crippen molar-refractivity contribution in [3.05, 3.63) is 42.1 Å². The van der Waals surface area contributed by atoms with Gasteiger partial charge >= 0.3 is 6.18 Å². The Morgan fingerprint density at radius 3 is 2.50 bits per heavy atom. The number of rotatable bonds is 3. The second kappa shape index (κ2) is 6.57. The third kappa shape index (κ3) is 3.30. The van der Waals surface area contributed by atoms with Gasteiger partial charge < -0.3 is 9.88 Å². The second-order valence-electron chi connectivity index (χ2n) is 7.18. The first-order chi connectivity index (χ1) is 12.5. The van der Waals surface area contributed by atoms with Gasteiger partial charge in [0.1, 0.15) is 11.6 Å². The lowest BCUT2D eigenvalue weighted by atomic mass is 9.85. The molecule has 2 aliphatic heterocycles. The van der Waals surface area contributed by atoms with Gasteiger partial charge in [-0.15, -0.1) is 0 Å². The summed E-state index contributed by atoms with van der Waals surface area (Å²) in [6.45, 7) is 3.52. The molecule has 0 atom stereocenters. The van der Waals surface area contributed by atoms with Crippen LogP contribution in [0.5, 0.6) is 0 Å². The summed E-state index contributed by atoms with van der Waals surface area (Å²) in [6, 6.07) is 2.60. The van der Waals surface area contributed by atoms with Gasteiger partial charge in [-0.25, -0.2) is 9.97 Å². The first kappa shape index (κ1) is 17.3. The molecule has 0 amide bonds. The number of likely N-dealkylation sites (tertiary alicyclic amines) is 1. The van der Waals surface area contributed by atoms with E-state index in [1.54, 1.807) is 6.20 Å². The Hall–Kier alpha value is -2.09. The standard InChI is InChI=1S/C18H22F3N5/c19-18(20,21)14-2-3-16(24-12-14)25-10-5-17(6-11-25)4-1-9-26(17)13-15-22-7-8-23-15/h2-3,7-8,12H,1,4-6,9-11,13H2,(H,22,23). The molecule has 26 heavy (non-hydrogen) atoms. The molecule has 5 nitrogen and oxygen atoms in total. The molecule has 0 bridgehead atoms. The molecule has 2 aromatic heterocycles. The summed E-state index contributed by atoms with van der Waals surface area (Å²) >= 11 is 0. The Morgan fingerprint density at radius 1 is 1.08 bits per heavy atom. The fourth-order valence-electron chi connectivity index (χ4n) is 4.27. The summed E-state index contributed by atoms with van der Waals surface area (Å²) in [5, 5.41) is 0. The summed E-state index contributed by atoms with van der Waals surface area (Å²) in [5.74, 6) is 1.61. The Balaban J connectivity index is 1.41. The molecule has 0 saturated carbocycles. The number of imidazole rings is 1. The normalized spacial score (nSPS) is 20.8. The van der Waals surface area contributed by atoms with E-state index in [0.717, 1.165) is 57.1 Å². The van der Waals surface area contributed by atoms with Crippen LogP contribution < -0.4 is 4.90 Å². The number of nitrogens with one attached hydrogen (secondary N) is 1. The van der Waals surface area contributed by atoms with Crippen LogP contribution in [-0.2, 0) is 12.7 Å². The van der Waals surface area contributed by atoms with Crippen LogP contribution in [-0.4, -0.2) is 45.0 Å². The number of nitrogens with zero attached hydrogens (tertiary/aromatic N) is 4. The van der Waals surface area contributed by atoms with Gasteiger partial charge in [-0.3, -0.25) is 4.90 Å². The average Bonchev–Trinajstić information content (AvgIpc) is 3.27. The van der Waals surface area contributed by atoms with Crippen molar-refractivity contribution in [3.8, 4) is 0 Å². The van der Waals surface area contributed by atoms with Gasteiger partial charge in [-0.05, 0) is 44.4 Å². The number of aromatic nitrogens is 3. The maximum absolute atomic E-state index is 12.7. The smallest absolute Gasteiger partial charge is 0.356 e. The van der Waals surface area contributed by atoms with Crippen LogP contribution in [0.4, 0.5) is 19.0 Å². The number of piperidine rings is 1. The lowest BCUT2D eigenvalue weighted by Crippen LogP contribution is -2.52. The lowest BCUT2D eigenvalue weighted by molar-refractivity contribution is -0.137. The monoisotopic (exact) mass is 365 g/mol. The van der Waals surface area contributed by atoms with Gasteiger partial charge in [0.15, 0.2) is 0 Å². The van der Waals surface area contributed by atoms with E-state index in [-0.39, 0.29) is 5.54 Å². The highest BCUT2D eigenvalue weighted by Gasteiger charge is 2.43. The van der Waals surface area contributed by atoms with Gasteiger partial charge in [0.2, 0.25) is 0 Å². The molecule has 2 saturated heterocycles. The maximum Gasteiger partial charge on any atom is 0.417 e. The fraction of sp³-hybridized carbons (Fsp3) is 0.556. The largest absolute Gasteiger partial charge is 0.417 e. The number of aromatic amines is 1. The minimum Gasteiger partial charge on any atom is -0.356 e. The van der Waals surface area contributed by atoms with E-state index in [9.17, 15) is 13.2 Å². The second-order valence-corrected chi connectivity index (χ2v) is 7.18. The predicted molar refractivity (Wildman–Crippen MR) is 91.6 cm³/mol. The van der Waals surface area contributed by atoms with Gasteiger partial charge in [-0.1, -0.05) is 0 Å². The highest BCUT2D eigenvalue weighted by atomic mass is 19.4. The Labute approximate surface area is 150 Å². The van der Waals surface area contributed by atoms with E-state index in [4.69, 9.17) is 0 Å². The fourth-order valence-corrected chi connectivity index (χ4v) is 4.27. The minimum atomic E-state index is -4.34. The maximum atomic E-state index is 12.7. The quantitative estimate of drug-likeness (QED) is 0.905. The molecule has 8 heteroatoms.